The highest BCUT2D eigenvalue weighted by atomic mass is 16.4. The molecular formula is C21H23N3O2. The summed E-state index contributed by atoms with van der Waals surface area (Å²) in [6.45, 7) is 4.08. The minimum Gasteiger partial charge on any atom is -0.481 e. The molecule has 0 fully saturated rings. The van der Waals surface area contributed by atoms with Crippen molar-refractivity contribution in [1.82, 2.24) is 14.8 Å². The number of carboxylic acid groups (broad SMARTS) is 1. The van der Waals surface area contributed by atoms with Crippen LogP contribution in [0.25, 0.3) is 17.1 Å². The minimum absolute atomic E-state index is 0.366. The third-order valence-electron chi connectivity index (χ3n) is 4.39. The van der Waals surface area contributed by atoms with Crippen LogP contribution in [0.3, 0.4) is 0 Å². The summed E-state index contributed by atoms with van der Waals surface area (Å²) in [5.74, 6) is -0.539. The molecule has 1 atom stereocenters. The van der Waals surface area contributed by atoms with E-state index in [1.165, 1.54) is 0 Å². The van der Waals surface area contributed by atoms with Crippen LogP contribution >= 0.6 is 0 Å². The Morgan fingerprint density at radius 2 is 1.81 bits per heavy atom. The molecule has 26 heavy (non-hydrogen) atoms. The van der Waals surface area contributed by atoms with E-state index in [0.29, 0.717) is 18.1 Å². The molecule has 0 aliphatic heterocycles. The second-order valence-corrected chi connectivity index (χ2v) is 6.44. The van der Waals surface area contributed by atoms with Crippen molar-refractivity contribution in [1.29, 1.82) is 0 Å². The van der Waals surface area contributed by atoms with Gasteiger partial charge in [0.1, 0.15) is 5.92 Å². The summed E-state index contributed by atoms with van der Waals surface area (Å²) in [6.07, 6.45) is 2.31. The number of aryl methyl sites for hydroxylation is 1. The number of aliphatic carboxylic acids is 1. The number of aromatic nitrogens is 3. The van der Waals surface area contributed by atoms with Gasteiger partial charge in [-0.1, -0.05) is 67.8 Å². The van der Waals surface area contributed by atoms with Crippen LogP contribution in [0, 0.1) is 6.92 Å². The van der Waals surface area contributed by atoms with Gasteiger partial charge in [0.25, 0.3) is 0 Å². The Bertz CT molecular complexity index is 870. The van der Waals surface area contributed by atoms with Gasteiger partial charge in [0.2, 0.25) is 0 Å². The highest BCUT2D eigenvalue weighted by Gasteiger charge is 2.26. The molecule has 0 saturated carbocycles. The fraction of sp³-hybridized carbons (Fsp3) is 0.286. The zero-order chi connectivity index (χ0) is 18.5. The molecule has 5 heteroatoms. The summed E-state index contributed by atoms with van der Waals surface area (Å²) in [6, 6.07) is 17.7. The molecule has 1 aromatic heterocycles. The third-order valence-corrected chi connectivity index (χ3v) is 4.39. The Morgan fingerprint density at radius 3 is 2.42 bits per heavy atom. The topological polar surface area (TPSA) is 68.0 Å². The van der Waals surface area contributed by atoms with Crippen molar-refractivity contribution in [3.63, 3.8) is 0 Å². The second kappa shape index (κ2) is 7.95. The maximum Gasteiger partial charge on any atom is 0.314 e. The lowest BCUT2D eigenvalue weighted by Gasteiger charge is -2.07. The smallest absolute Gasteiger partial charge is 0.314 e. The number of carboxylic acids is 1. The molecule has 0 amide bonds. The Balaban J connectivity index is 2.10. The largest absolute Gasteiger partial charge is 0.481 e. The molecule has 3 rings (SSSR count). The van der Waals surface area contributed by atoms with E-state index < -0.39 is 11.9 Å². The van der Waals surface area contributed by atoms with Gasteiger partial charge in [-0.05, 0) is 25.5 Å². The Hall–Kier alpha value is -2.95. The van der Waals surface area contributed by atoms with Crippen LogP contribution in [-0.4, -0.2) is 25.8 Å². The van der Waals surface area contributed by atoms with Crippen LogP contribution in [0.5, 0.6) is 0 Å². The predicted molar refractivity (Wildman–Crippen MR) is 101 cm³/mol. The molecule has 0 bridgehead atoms. The van der Waals surface area contributed by atoms with Crippen molar-refractivity contribution in [3.05, 3.63) is 66.0 Å². The van der Waals surface area contributed by atoms with Crippen LogP contribution in [0.2, 0.25) is 0 Å². The average Bonchev–Trinajstić information content (AvgIpc) is 3.08. The predicted octanol–water partition coefficient (Wildman–Crippen LogP) is 4.60. The molecule has 2 aromatic carbocycles. The normalized spacial score (nSPS) is 12.1. The minimum atomic E-state index is -0.876. The standard InChI is InChI=1S/C21H23N3O2/c1-3-4-10-18(21(25)26)19-22-20(16-13-11-15(2)12-14-16)24(23-19)17-8-6-5-7-9-17/h5-9,11-14,18H,3-4,10H2,1-2H3,(H,25,26). The molecule has 1 N–H and O–H groups in total. The van der Waals surface area contributed by atoms with Gasteiger partial charge < -0.3 is 5.11 Å². The highest BCUT2D eigenvalue weighted by Crippen LogP contribution is 2.26. The molecule has 0 aliphatic carbocycles. The van der Waals surface area contributed by atoms with Crippen LogP contribution in [0.1, 0.15) is 43.5 Å². The number of hydrogen-bond acceptors (Lipinski definition) is 3. The number of hydrogen-bond donors (Lipinski definition) is 1. The van der Waals surface area contributed by atoms with Gasteiger partial charge in [-0.25, -0.2) is 9.67 Å². The zero-order valence-corrected chi connectivity index (χ0v) is 15.1. The van der Waals surface area contributed by atoms with E-state index in [1.54, 1.807) is 4.68 Å². The van der Waals surface area contributed by atoms with Crippen molar-refractivity contribution in [3.8, 4) is 17.1 Å². The second-order valence-electron chi connectivity index (χ2n) is 6.44. The number of nitrogens with zero attached hydrogens (tertiary/aromatic N) is 3. The summed E-state index contributed by atoms with van der Waals surface area (Å²) in [4.78, 5) is 16.4. The summed E-state index contributed by atoms with van der Waals surface area (Å²) >= 11 is 0. The molecule has 0 saturated heterocycles. The van der Waals surface area contributed by atoms with Crippen LogP contribution in [0.4, 0.5) is 0 Å². The first-order valence-corrected chi connectivity index (χ1v) is 8.92. The molecule has 1 heterocycles. The van der Waals surface area contributed by atoms with Crippen LogP contribution in [-0.2, 0) is 4.79 Å². The zero-order valence-electron chi connectivity index (χ0n) is 15.1. The van der Waals surface area contributed by atoms with E-state index >= 15 is 0 Å². The van der Waals surface area contributed by atoms with Gasteiger partial charge in [0, 0.05) is 5.56 Å². The van der Waals surface area contributed by atoms with Gasteiger partial charge in [-0.2, -0.15) is 0 Å². The first-order valence-electron chi connectivity index (χ1n) is 8.92. The van der Waals surface area contributed by atoms with Gasteiger partial charge in [0.15, 0.2) is 11.6 Å². The molecule has 0 spiro atoms. The highest BCUT2D eigenvalue weighted by molar-refractivity contribution is 5.75. The lowest BCUT2D eigenvalue weighted by molar-refractivity contribution is -0.139. The van der Waals surface area contributed by atoms with Crippen molar-refractivity contribution in [2.75, 3.05) is 0 Å². The molecule has 5 nitrogen and oxygen atoms in total. The Kier molecular flexibility index (Phi) is 5.46. The van der Waals surface area contributed by atoms with Crippen molar-refractivity contribution in [2.24, 2.45) is 0 Å². The fourth-order valence-electron chi connectivity index (χ4n) is 2.89. The lowest BCUT2D eigenvalue weighted by atomic mass is 10.0. The number of carbonyl (C=O) groups is 1. The quantitative estimate of drug-likeness (QED) is 0.677. The van der Waals surface area contributed by atoms with E-state index in [-0.39, 0.29) is 0 Å². The third kappa shape index (κ3) is 3.82. The molecule has 1 unspecified atom stereocenters. The number of rotatable bonds is 7. The van der Waals surface area contributed by atoms with Crippen LogP contribution in [0.15, 0.2) is 54.6 Å². The summed E-state index contributed by atoms with van der Waals surface area (Å²) in [7, 11) is 0. The number of para-hydroxylation sites is 1. The van der Waals surface area contributed by atoms with E-state index in [9.17, 15) is 9.90 Å². The molecular weight excluding hydrogens is 326 g/mol. The van der Waals surface area contributed by atoms with Crippen molar-refractivity contribution >= 4 is 5.97 Å². The van der Waals surface area contributed by atoms with Crippen LogP contribution < -0.4 is 0 Å². The molecule has 0 aliphatic rings. The summed E-state index contributed by atoms with van der Waals surface area (Å²) < 4.78 is 1.74. The SMILES string of the molecule is CCCCC(C(=O)O)c1nc(-c2ccc(C)cc2)n(-c2ccccc2)n1. The van der Waals surface area contributed by atoms with E-state index in [1.807, 2.05) is 68.4 Å². The van der Waals surface area contributed by atoms with Crippen molar-refractivity contribution < 1.29 is 9.90 Å². The first kappa shape index (κ1) is 17.9. The van der Waals surface area contributed by atoms with Gasteiger partial charge in [-0.3, -0.25) is 4.79 Å². The van der Waals surface area contributed by atoms with E-state index in [0.717, 1.165) is 29.7 Å². The maximum absolute atomic E-state index is 11.8. The van der Waals surface area contributed by atoms with Gasteiger partial charge in [-0.15, -0.1) is 5.10 Å². The number of unbranched alkanes of at least 4 members (excludes halogenated alkanes) is 1. The van der Waals surface area contributed by atoms with Crippen molar-refractivity contribution in [2.45, 2.75) is 39.0 Å². The number of benzene rings is 2. The maximum atomic E-state index is 11.8. The monoisotopic (exact) mass is 349 g/mol. The average molecular weight is 349 g/mol. The fourth-order valence-corrected chi connectivity index (χ4v) is 2.89. The first-order chi connectivity index (χ1) is 12.6. The molecule has 3 aromatic rings. The lowest BCUT2D eigenvalue weighted by Crippen LogP contribution is -2.13. The van der Waals surface area contributed by atoms with Gasteiger partial charge >= 0.3 is 5.97 Å². The summed E-state index contributed by atoms with van der Waals surface area (Å²) in [5, 5.41) is 14.2. The molecule has 134 valence electrons. The molecule has 0 radical (unpaired) electrons. The van der Waals surface area contributed by atoms with Gasteiger partial charge in [0.05, 0.1) is 5.69 Å². The summed E-state index contributed by atoms with van der Waals surface area (Å²) in [5.41, 5.74) is 2.94. The Labute approximate surface area is 153 Å². The Morgan fingerprint density at radius 1 is 1.12 bits per heavy atom. The van der Waals surface area contributed by atoms with E-state index in [4.69, 9.17) is 0 Å². The van der Waals surface area contributed by atoms with E-state index in [2.05, 4.69) is 10.1 Å².